The summed E-state index contributed by atoms with van der Waals surface area (Å²) >= 11 is 0. The average Bonchev–Trinajstić information content (AvgIpc) is 2.31. The molecular formula is C8H11NO3. The minimum absolute atomic E-state index is 0.0372. The Hall–Kier alpha value is -1.06. The third kappa shape index (κ3) is 0.983. The largest absolute Gasteiger partial charge is 0.465 e. The van der Waals surface area contributed by atoms with Gasteiger partial charge in [-0.05, 0) is 6.42 Å². The van der Waals surface area contributed by atoms with Gasteiger partial charge in [-0.25, -0.2) is 4.79 Å². The zero-order chi connectivity index (χ0) is 8.77. The highest BCUT2D eigenvalue weighted by Crippen LogP contribution is 2.45. The molecule has 1 N–H and O–H groups in total. The zero-order valence-corrected chi connectivity index (χ0v) is 6.75. The number of carboxylic acid groups (broad SMARTS) is 1. The fraction of sp³-hybridized carbons (Fsp3) is 0.750. The number of carbonyl (C=O) groups excluding carboxylic acids is 1. The van der Waals surface area contributed by atoms with Crippen molar-refractivity contribution >= 4 is 11.9 Å². The second-order valence-electron chi connectivity index (χ2n) is 3.85. The first kappa shape index (κ1) is 7.58. The van der Waals surface area contributed by atoms with E-state index >= 15 is 0 Å². The van der Waals surface area contributed by atoms with E-state index in [1.54, 1.807) is 0 Å². The fourth-order valence-electron chi connectivity index (χ4n) is 2.17. The normalized spacial score (nSPS) is 26.0. The van der Waals surface area contributed by atoms with Crippen LogP contribution in [0.25, 0.3) is 0 Å². The number of likely N-dealkylation sites (tertiary alicyclic amines) is 1. The molecule has 2 rings (SSSR count). The van der Waals surface area contributed by atoms with Gasteiger partial charge in [0.2, 0.25) is 0 Å². The second-order valence-corrected chi connectivity index (χ2v) is 3.85. The van der Waals surface area contributed by atoms with Gasteiger partial charge in [0.1, 0.15) is 5.78 Å². The van der Waals surface area contributed by atoms with Crippen LogP contribution >= 0.6 is 0 Å². The van der Waals surface area contributed by atoms with Crippen molar-refractivity contribution in [3.63, 3.8) is 0 Å². The third-order valence-corrected chi connectivity index (χ3v) is 2.85. The summed E-state index contributed by atoms with van der Waals surface area (Å²) in [6, 6.07) is 0. The molecular weight excluding hydrogens is 158 g/mol. The molecule has 1 amide bonds. The first-order valence-electron chi connectivity index (χ1n) is 4.11. The van der Waals surface area contributed by atoms with E-state index < -0.39 is 6.09 Å². The quantitative estimate of drug-likeness (QED) is 0.581. The van der Waals surface area contributed by atoms with Crippen molar-refractivity contribution in [2.45, 2.75) is 19.3 Å². The summed E-state index contributed by atoms with van der Waals surface area (Å²) in [5.41, 5.74) is 0.0372. The van der Waals surface area contributed by atoms with E-state index in [1.807, 2.05) is 0 Å². The third-order valence-electron chi connectivity index (χ3n) is 2.85. The molecule has 4 nitrogen and oxygen atoms in total. The maximum Gasteiger partial charge on any atom is 0.407 e. The summed E-state index contributed by atoms with van der Waals surface area (Å²) in [6.07, 6.45) is 1.20. The number of Topliss-reactive ketones (excluding diaryl/α,β-unsaturated/α-hetero) is 1. The highest BCUT2D eigenvalue weighted by atomic mass is 16.4. The molecule has 0 radical (unpaired) electrons. The lowest BCUT2D eigenvalue weighted by Crippen LogP contribution is -2.40. The van der Waals surface area contributed by atoms with Crippen LogP contribution in [0, 0.1) is 5.41 Å². The predicted octanol–water partition coefficient (Wildman–Crippen LogP) is 0.719. The van der Waals surface area contributed by atoms with Crippen LogP contribution in [0.4, 0.5) is 4.79 Å². The SMILES string of the molecule is O=C1CC2(CCN(C(=O)O)C2)C1. The average molecular weight is 169 g/mol. The Bertz CT molecular complexity index is 241. The second kappa shape index (κ2) is 2.21. The van der Waals surface area contributed by atoms with Crippen molar-refractivity contribution in [1.29, 1.82) is 0 Å². The van der Waals surface area contributed by atoms with Crippen LogP contribution in [0.1, 0.15) is 19.3 Å². The van der Waals surface area contributed by atoms with Crippen molar-refractivity contribution in [3.8, 4) is 0 Å². The van der Waals surface area contributed by atoms with Crippen LogP contribution < -0.4 is 0 Å². The van der Waals surface area contributed by atoms with Gasteiger partial charge in [0.05, 0.1) is 0 Å². The molecule has 2 fully saturated rings. The van der Waals surface area contributed by atoms with E-state index in [1.165, 1.54) is 4.90 Å². The van der Waals surface area contributed by atoms with E-state index in [9.17, 15) is 9.59 Å². The summed E-state index contributed by atoms with van der Waals surface area (Å²) in [5.74, 6) is 0.280. The van der Waals surface area contributed by atoms with Crippen molar-refractivity contribution in [2.24, 2.45) is 5.41 Å². The van der Waals surface area contributed by atoms with Gasteiger partial charge in [-0.2, -0.15) is 0 Å². The van der Waals surface area contributed by atoms with Crippen LogP contribution in [0.3, 0.4) is 0 Å². The molecule has 0 aromatic heterocycles. The number of rotatable bonds is 0. The van der Waals surface area contributed by atoms with Gasteiger partial charge < -0.3 is 10.0 Å². The maximum atomic E-state index is 10.8. The van der Waals surface area contributed by atoms with E-state index in [0.717, 1.165) is 6.42 Å². The molecule has 1 saturated carbocycles. The Kier molecular flexibility index (Phi) is 1.40. The van der Waals surface area contributed by atoms with Crippen LogP contribution in [0.15, 0.2) is 0 Å². The van der Waals surface area contributed by atoms with E-state index in [2.05, 4.69) is 0 Å². The molecule has 1 aliphatic carbocycles. The first-order valence-corrected chi connectivity index (χ1v) is 4.11. The fourth-order valence-corrected chi connectivity index (χ4v) is 2.17. The van der Waals surface area contributed by atoms with Gasteiger partial charge in [0.25, 0.3) is 0 Å². The summed E-state index contributed by atoms with van der Waals surface area (Å²) in [7, 11) is 0. The standard InChI is InChI=1S/C8H11NO3/c10-6-3-8(4-6)1-2-9(5-8)7(11)12/h1-5H2,(H,11,12). The van der Waals surface area contributed by atoms with Crippen molar-refractivity contribution in [1.82, 2.24) is 4.90 Å². The maximum absolute atomic E-state index is 10.8. The number of nitrogens with zero attached hydrogens (tertiary/aromatic N) is 1. The molecule has 0 aromatic rings. The molecule has 1 spiro atoms. The molecule has 1 aliphatic heterocycles. The van der Waals surface area contributed by atoms with Crippen molar-refractivity contribution in [3.05, 3.63) is 0 Å². The van der Waals surface area contributed by atoms with E-state index in [0.29, 0.717) is 25.9 Å². The Labute approximate surface area is 70.2 Å². The monoisotopic (exact) mass is 169 g/mol. The highest BCUT2D eigenvalue weighted by Gasteiger charge is 2.48. The van der Waals surface area contributed by atoms with Crippen molar-refractivity contribution < 1.29 is 14.7 Å². The Morgan fingerprint density at radius 1 is 1.50 bits per heavy atom. The van der Waals surface area contributed by atoms with Gasteiger partial charge in [-0.3, -0.25) is 4.79 Å². The lowest BCUT2D eigenvalue weighted by molar-refractivity contribution is -0.131. The first-order chi connectivity index (χ1) is 5.61. The molecule has 1 heterocycles. The molecule has 4 heteroatoms. The highest BCUT2D eigenvalue weighted by molar-refractivity contribution is 5.86. The number of hydrogen-bond acceptors (Lipinski definition) is 2. The number of amides is 1. The van der Waals surface area contributed by atoms with Crippen LogP contribution in [0.2, 0.25) is 0 Å². The molecule has 1 saturated heterocycles. The lowest BCUT2D eigenvalue weighted by atomic mass is 9.67. The van der Waals surface area contributed by atoms with Crippen molar-refractivity contribution in [2.75, 3.05) is 13.1 Å². The Balaban J connectivity index is 1.99. The molecule has 0 aromatic carbocycles. The van der Waals surface area contributed by atoms with Gasteiger partial charge >= 0.3 is 6.09 Å². The molecule has 0 unspecified atom stereocenters. The minimum atomic E-state index is -0.855. The molecule has 2 aliphatic rings. The molecule has 66 valence electrons. The van der Waals surface area contributed by atoms with Gasteiger partial charge in [-0.1, -0.05) is 0 Å². The van der Waals surface area contributed by atoms with Crippen LogP contribution in [0.5, 0.6) is 0 Å². The summed E-state index contributed by atoms with van der Waals surface area (Å²) in [6.45, 7) is 1.16. The van der Waals surface area contributed by atoms with Crippen LogP contribution in [-0.4, -0.2) is 35.0 Å². The lowest BCUT2D eigenvalue weighted by Gasteiger charge is -2.35. The topological polar surface area (TPSA) is 57.6 Å². The van der Waals surface area contributed by atoms with Crippen LogP contribution in [-0.2, 0) is 4.79 Å². The predicted molar refractivity (Wildman–Crippen MR) is 40.9 cm³/mol. The van der Waals surface area contributed by atoms with E-state index in [-0.39, 0.29) is 11.2 Å². The number of ketones is 1. The molecule has 12 heavy (non-hydrogen) atoms. The van der Waals surface area contributed by atoms with Gasteiger partial charge in [-0.15, -0.1) is 0 Å². The molecule has 0 bridgehead atoms. The Morgan fingerprint density at radius 3 is 2.58 bits per heavy atom. The minimum Gasteiger partial charge on any atom is -0.465 e. The Morgan fingerprint density at radius 2 is 2.17 bits per heavy atom. The number of hydrogen-bond donors (Lipinski definition) is 1. The number of carbonyl (C=O) groups is 2. The van der Waals surface area contributed by atoms with E-state index in [4.69, 9.17) is 5.11 Å². The van der Waals surface area contributed by atoms with Gasteiger partial charge in [0.15, 0.2) is 0 Å². The molecule has 0 atom stereocenters. The smallest absolute Gasteiger partial charge is 0.407 e. The van der Waals surface area contributed by atoms with Gasteiger partial charge in [0, 0.05) is 31.3 Å². The summed E-state index contributed by atoms with van der Waals surface area (Å²) in [4.78, 5) is 22.7. The summed E-state index contributed by atoms with van der Waals surface area (Å²) in [5, 5.41) is 8.67. The summed E-state index contributed by atoms with van der Waals surface area (Å²) < 4.78 is 0. The zero-order valence-electron chi connectivity index (χ0n) is 6.75.